The quantitative estimate of drug-likeness (QED) is 0.916. The van der Waals surface area contributed by atoms with Crippen molar-refractivity contribution in [1.29, 1.82) is 0 Å². The molecule has 102 valence electrons. The van der Waals surface area contributed by atoms with Gasteiger partial charge in [0.15, 0.2) is 0 Å². The van der Waals surface area contributed by atoms with Crippen molar-refractivity contribution >= 4 is 10.9 Å². The zero-order valence-electron chi connectivity index (χ0n) is 10.4. The lowest BCUT2D eigenvalue weighted by molar-refractivity contribution is -0.140. The first-order valence-corrected chi connectivity index (χ1v) is 5.98. The van der Waals surface area contributed by atoms with Crippen LogP contribution in [-0.2, 0) is 0 Å². The molecule has 1 unspecified atom stereocenters. The topological polar surface area (TPSA) is 33.1 Å². The van der Waals surface area contributed by atoms with E-state index < -0.39 is 18.7 Å². The zero-order chi connectivity index (χ0) is 14.0. The highest BCUT2D eigenvalue weighted by Gasteiger charge is 2.28. The number of nitrogens with zero attached hydrogens (tertiary/aromatic N) is 1. The monoisotopic (exact) mass is 269 g/mol. The Balaban J connectivity index is 2.33. The van der Waals surface area contributed by atoms with Gasteiger partial charge >= 0.3 is 6.18 Å². The molecule has 0 fully saturated rings. The first kappa shape index (κ1) is 13.8. The number of alkyl halides is 3. The molecule has 2 aromatic rings. The van der Waals surface area contributed by atoms with Gasteiger partial charge in [0.05, 0.1) is 11.6 Å². The number of rotatable bonds is 3. The fourth-order valence-corrected chi connectivity index (χ4v) is 2.07. The third-order valence-electron chi connectivity index (χ3n) is 2.94. The van der Waals surface area contributed by atoms with E-state index in [-0.39, 0.29) is 6.42 Å². The Bertz CT molecular complexity index is 580. The lowest BCUT2D eigenvalue weighted by Crippen LogP contribution is -2.10. The minimum absolute atomic E-state index is 0.336. The van der Waals surface area contributed by atoms with Crippen LogP contribution in [0.15, 0.2) is 30.3 Å². The third kappa shape index (κ3) is 3.44. The fourth-order valence-electron chi connectivity index (χ4n) is 2.07. The first-order valence-electron chi connectivity index (χ1n) is 5.98. The van der Waals surface area contributed by atoms with Crippen LogP contribution >= 0.6 is 0 Å². The molecule has 0 saturated heterocycles. The van der Waals surface area contributed by atoms with Gasteiger partial charge in [-0.1, -0.05) is 18.2 Å². The summed E-state index contributed by atoms with van der Waals surface area (Å²) in [5.41, 5.74) is 1.87. The van der Waals surface area contributed by atoms with E-state index in [1.54, 1.807) is 37.3 Å². The number of hydrogen-bond acceptors (Lipinski definition) is 2. The number of benzene rings is 1. The molecule has 1 N–H and O–H groups in total. The molecule has 0 bridgehead atoms. The zero-order valence-corrected chi connectivity index (χ0v) is 10.4. The third-order valence-corrected chi connectivity index (χ3v) is 2.94. The second-order valence-electron chi connectivity index (χ2n) is 4.54. The fraction of sp³-hybridized carbons (Fsp3) is 0.357. The number of pyridine rings is 1. The maximum absolute atomic E-state index is 12.2. The standard InChI is InChI=1S/C14H14F3NO/c1-9-8-11(13(19)6-7-14(15,16)17)10-4-2-3-5-12(10)18-9/h2-5,8,13,19H,6-7H2,1H3. The van der Waals surface area contributed by atoms with Crippen LogP contribution < -0.4 is 0 Å². The second-order valence-corrected chi connectivity index (χ2v) is 4.54. The Labute approximate surface area is 108 Å². The van der Waals surface area contributed by atoms with E-state index in [1.807, 2.05) is 0 Å². The summed E-state index contributed by atoms with van der Waals surface area (Å²) in [6.07, 6.45) is -6.71. The number of aliphatic hydroxyl groups is 1. The summed E-state index contributed by atoms with van der Waals surface area (Å²) in [6.45, 7) is 1.76. The number of aliphatic hydroxyl groups excluding tert-OH is 1. The molecule has 1 aromatic heterocycles. The molecule has 2 nitrogen and oxygen atoms in total. The maximum Gasteiger partial charge on any atom is 0.389 e. The lowest BCUT2D eigenvalue weighted by Gasteiger charge is -2.15. The van der Waals surface area contributed by atoms with Crippen LogP contribution in [-0.4, -0.2) is 16.3 Å². The second kappa shape index (κ2) is 5.17. The molecule has 0 amide bonds. The van der Waals surface area contributed by atoms with Crippen molar-refractivity contribution in [3.05, 3.63) is 41.6 Å². The predicted molar refractivity (Wildman–Crippen MR) is 66.7 cm³/mol. The van der Waals surface area contributed by atoms with Gasteiger partial charge < -0.3 is 5.11 Å². The summed E-state index contributed by atoms with van der Waals surface area (Å²) in [7, 11) is 0. The van der Waals surface area contributed by atoms with E-state index in [4.69, 9.17) is 0 Å². The van der Waals surface area contributed by atoms with Crippen molar-refractivity contribution in [3.63, 3.8) is 0 Å². The molecule has 0 saturated carbocycles. The molecule has 0 aliphatic rings. The Morgan fingerprint density at radius 1 is 1.26 bits per heavy atom. The number of para-hydroxylation sites is 1. The average Bonchev–Trinajstić information content (AvgIpc) is 2.34. The van der Waals surface area contributed by atoms with Crippen molar-refractivity contribution in [3.8, 4) is 0 Å². The van der Waals surface area contributed by atoms with Crippen molar-refractivity contribution in [1.82, 2.24) is 4.98 Å². The summed E-state index contributed by atoms with van der Waals surface area (Å²) in [6, 6.07) is 8.76. The van der Waals surface area contributed by atoms with Crippen LogP contribution in [0.25, 0.3) is 10.9 Å². The van der Waals surface area contributed by atoms with Gasteiger partial charge in [-0.3, -0.25) is 4.98 Å². The van der Waals surface area contributed by atoms with E-state index in [0.717, 1.165) is 0 Å². The van der Waals surface area contributed by atoms with Gasteiger partial charge in [-0.2, -0.15) is 13.2 Å². The Kier molecular flexibility index (Phi) is 3.75. The molecule has 19 heavy (non-hydrogen) atoms. The van der Waals surface area contributed by atoms with Crippen LogP contribution in [0.5, 0.6) is 0 Å². The van der Waals surface area contributed by atoms with Gasteiger partial charge in [0.1, 0.15) is 0 Å². The molecule has 0 aliphatic heterocycles. The lowest BCUT2D eigenvalue weighted by atomic mass is 9.99. The van der Waals surface area contributed by atoms with Gasteiger partial charge in [0.2, 0.25) is 0 Å². The van der Waals surface area contributed by atoms with Crippen LogP contribution in [0.1, 0.15) is 30.2 Å². The number of aryl methyl sites for hydroxylation is 1. The number of hydrogen-bond donors (Lipinski definition) is 1. The smallest absolute Gasteiger partial charge is 0.388 e. The maximum atomic E-state index is 12.2. The summed E-state index contributed by atoms with van der Waals surface area (Å²) in [5.74, 6) is 0. The van der Waals surface area contributed by atoms with Crippen LogP contribution in [0, 0.1) is 6.92 Å². The largest absolute Gasteiger partial charge is 0.389 e. The van der Waals surface area contributed by atoms with E-state index in [0.29, 0.717) is 22.2 Å². The Morgan fingerprint density at radius 3 is 2.63 bits per heavy atom. The molecular weight excluding hydrogens is 255 g/mol. The normalized spacial score (nSPS) is 13.7. The van der Waals surface area contributed by atoms with Crippen molar-refractivity contribution in [2.45, 2.75) is 32.0 Å². The van der Waals surface area contributed by atoms with Crippen molar-refractivity contribution in [2.24, 2.45) is 0 Å². The summed E-state index contributed by atoms with van der Waals surface area (Å²) in [5, 5.41) is 10.7. The van der Waals surface area contributed by atoms with E-state index >= 15 is 0 Å². The predicted octanol–water partition coefficient (Wildman–Crippen LogP) is 3.92. The summed E-state index contributed by atoms with van der Waals surface area (Å²) < 4.78 is 36.6. The van der Waals surface area contributed by atoms with E-state index in [1.165, 1.54) is 0 Å². The van der Waals surface area contributed by atoms with Crippen LogP contribution in [0.4, 0.5) is 13.2 Å². The van der Waals surface area contributed by atoms with Gasteiger partial charge in [-0.15, -0.1) is 0 Å². The molecular formula is C14H14F3NO. The van der Waals surface area contributed by atoms with E-state index in [9.17, 15) is 18.3 Å². The molecule has 5 heteroatoms. The molecule has 0 aliphatic carbocycles. The average molecular weight is 269 g/mol. The van der Waals surface area contributed by atoms with Gasteiger partial charge in [0.25, 0.3) is 0 Å². The summed E-state index contributed by atoms with van der Waals surface area (Å²) in [4.78, 5) is 4.29. The van der Waals surface area contributed by atoms with Gasteiger partial charge in [-0.05, 0) is 31.0 Å². The van der Waals surface area contributed by atoms with Gasteiger partial charge in [-0.25, -0.2) is 0 Å². The van der Waals surface area contributed by atoms with Crippen molar-refractivity contribution < 1.29 is 18.3 Å². The molecule has 1 heterocycles. The summed E-state index contributed by atoms with van der Waals surface area (Å²) >= 11 is 0. The highest BCUT2D eigenvalue weighted by Crippen LogP contribution is 2.31. The van der Waals surface area contributed by atoms with Gasteiger partial charge in [0, 0.05) is 17.5 Å². The molecule has 1 atom stereocenters. The van der Waals surface area contributed by atoms with Crippen LogP contribution in [0.3, 0.4) is 0 Å². The highest BCUT2D eigenvalue weighted by atomic mass is 19.4. The highest BCUT2D eigenvalue weighted by molar-refractivity contribution is 5.82. The molecule has 0 radical (unpaired) electrons. The van der Waals surface area contributed by atoms with Crippen LogP contribution in [0.2, 0.25) is 0 Å². The minimum Gasteiger partial charge on any atom is -0.388 e. The Morgan fingerprint density at radius 2 is 1.95 bits per heavy atom. The van der Waals surface area contributed by atoms with Crippen molar-refractivity contribution in [2.75, 3.05) is 0 Å². The number of aromatic nitrogens is 1. The molecule has 2 rings (SSSR count). The number of halogens is 3. The van der Waals surface area contributed by atoms with E-state index in [2.05, 4.69) is 4.98 Å². The molecule has 1 aromatic carbocycles. The SMILES string of the molecule is Cc1cc(C(O)CCC(F)(F)F)c2ccccc2n1. The molecule has 0 spiro atoms. The Hall–Kier alpha value is -1.62. The number of fused-ring (bicyclic) bond motifs is 1. The minimum atomic E-state index is -4.25. The first-order chi connectivity index (χ1) is 8.87.